The molecule has 1 unspecified atom stereocenters. The molecule has 1 aromatic heterocycles. The highest BCUT2D eigenvalue weighted by molar-refractivity contribution is 5.41. The van der Waals surface area contributed by atoms with Gasteiger partial charge in [-0.25, -0.2) is 0 Å². The van der Waals surface area contributed by atoms with E-state index in [-0.39, 0.29) is 0 Å². The molecule has 6 nitrogen and oxygen atoms in total. The number of benzene rings is 1. The second-order valence-electron chi connectivity index (χ2n) is 6.38. The van der Waals surface area contributed by atoms with Crippen molar-refractivity contribution in [3.05, 3.63) is 36.0 Å². The lowest BCUT2D eigenvalue weighted by atomic mass is 10.0. The smallest absolute Gasteiger partial charge is 0.247 e. The Morgan fingerprint density at radius 3 is 3.00 bits per heavy atom. The van der Waals surface area contributed by atoms with E-state index >= 15 is 0 Å². The maximum atomic E-state index is 5.40. The van der Waals surface area contributed by atoms with Crippen molar-refractivity contribution in [1.82, 2.24) is 15.2 Å². The zero-order chi connectivity index (χ0) is 17.5. The SMILES string of the molecule is CCC1CCCCN1c1nncc(NCCc2ccccc2OC)n1. The van der Waals surface area contributed by atoms with Gasteiger partial charge in [0.1, 0.15) is 5.75 Å². The molecule has 3 rings (SSSR count). The third kappa shape index (κ3) is 4.38. The quantitative estimate of drug-likeness (QED) is 0.834. The fourth-order valence-electron chi connectivity index (χ4n) is 3.42. The van der Waals surface area contributed by atoms with Crippen LogP contribution in [0.5, 0.6) is 5.75 Å². The number of nitrogens with one attached hydrogen (secondary N) is 1. The Morgan fingerprint density at radius 1 is 1.28 bits per heavy atom. The summed E-state index contributed by atoms with van der Waals surface area (Å²) in [5.74, 6) is 2.44. The number of nitrogens with zero attached hydrogens (tertiary/aromatic N) is 4. The molecular formula is C19H27N5O. The zero-order valence-corrected chi connectivity index (χ0v) is 15.1. The third-order valence-corrected chi connectivity index (χ3v) is 4.80. The molecule has 25 heavy (non-hydrogen) atoms. The van der Waals surface area contributed by atoms with E-state index < -0.39 is 0 Å². The summed E-state index contributed by atoms with van der Waals surface area (Å²) in [6, 6.07) is 8.62. The second kappa shape index (κ2) is 8.65. The molecule has 1 aliphatic heterocycles. The summed E-state index contributed by atoms with van der Waals surface area (Å²) in [6.45, 7) is 4.02. The summed E-state index contributed by atoms with van der Waals surface area (Å²) in [5.41, 5.74) is 1.18. The molecular weight excluding hydrogens is 314 g/mol. The first-order valence-electron chi connectivity index (χ1n) is 9.14. The van der Waals surface area contributed by atoms with Gasteiger partial charge in [-0.3, -0.25) is 0 Å². The molecule has 2 heterocycles. The first kappa shape index (κ1) is 17.5. The van der Waals surface area contributed by atoms with Crippen LogP contribution < -0.4 is 15.0 Å². The molecule has 0 aliphatic carbocycles. The standard InChI is InChI=1S/C19H27N5O/c1-3-16-9-6-7-13-24(16)19-22-18(14-21-23-19)20-12-11-15-8-4-5-10-17(15)25-2/h4-5,8,10,14,16H,3,6-7,9,11-13H2,1-2H3,(H,20,22,23). The second-order valence-corrected chi connectivity index (χ2v) is 6.38. The Labute approximate surface area is 149 Å². The van der Waals surface area contributed by atoms with Gasteiger partial charge in [0.25, 0.3) is 0 Å². The van der Waals surface area contributed by atoms with Gasteiger partial charge in [-0.2, -0.15) is 10.1 Å². The van der Waals surface area contributed by atoms with Gasteiger partial charge in [0.2, 0.25) is 5.95 Å². The molecule has 0 saturated carbocycles. The van der Waals surface area contributed by atoms with Gasteiger partial charge in [0.05, 0.1) is 13.3 Å². The monoisotopic (exact) mass is 341 g/mol. The van der Waals surface area contributed by atoms with Gasteiger partial charge < -0.3 is 15.0 Å². The van der Waals surface area contributed by atoms with Gasteiger partial charge in [-0.1, -0.05) is 25.1 Å². The van der Waals surface area contributed by atoms with Crippen molar-refractivity contribution in [3.8, 4) is 5.75 Å². The summed E-state index contributed by atoms with van der Waals surface area (Å²) in [7, 11) is 1.70. The Kier molecular flexibility index (Phi) is 6.04. The fourth-order valence-corrected chi connectivity index (χ4v) is 3.42. The van der Waals surface area contributed by atoms with Crippen molar-refractivity contribution in [2.45, 2.75) is 45.1 Å². The molecule has 0 spiro atoms. The number of ether oxygens (including phenoxy) is 1. The first-order valence-corrected chi connectivity index (χ1v) is 9.14. The summed E-state index contributed by atoms with van der Waals surface area (Å²) < 4.78 is 5.40. The van der Waals surface area contributed by atoms with Crippen LogP contribution in [0.3, 0.4) is 0 Å². The van der Waals surface area contributed by atoms with E-state index in [1.165, 1.54) is 24.8 Å². The first-order chi connectivity index (χ1) is 12.3. The average Bonchev–Trinajstić information content (AvgIpc) is 2.68. The van der Waals surface area contributed by atoms with E-state index in [4.69, 9.17) is 4.74 Å². The number of piperidine rings is 1. The van der Waals surface area contributed by atoms with Crippen LogP contribution in [-0.2, 0) is 6.42 Å². The number of anilines is 2. The molecule has 1 atom stereocenters. The third-order valence-electron chi connectivity index (χ3n) is 4.80. The Balaban J connectivity index is 1.62. The van der Waals surface area contributed by atoms with Crippen molar-refractivity contribution < 1.29 is 4.74 Å². The van der Waals surface area contributed by atoms with Crippen molar-refractivity contribution in [3.63, 3.8) is 0 Å². The van der Waals surface area contributed by atoms with Crippen molar-refractivity contribution >= 4 is 11.8 Å². The number of aromatic nitrogens is 3. The van der Waals surface area contributed by atoms with Gasteiger partial charge >= 0.3 is 0 Å². The predicted octanol–water partition coefficient (Wildman–Crippen LogP) is 3.30. The van der Waals surface area contributed by atoms with E-state index in [1.807, 2.05) is 18.2 Å². The van der Waals surface area contributed by atoms with Gasteiger partial charge in [-0.15, -0.1) is 5.10 Å². The number of para-hydroxylation sites is 1. The number of methoxy groups -OCH3 is 1. The van der Waals surface area contributed by atoms with Gasteiger partial charge in [0.15, 0.2) is 5.82 Å². The Morgan fingerprint density at radius 2 is 2.16 bits per heavy atom. The molecule has 1 fully saturated rings. The van der Waals surface area contributed by atoms with Crippen LogP contribution in [0, 0.1) is 0 Å². The molecule has 2 aromatic rings. The summed E-state index contributed by atoms with van der Waals surface area (Å²) in [6.07, 6.45) is 7.38. The van der Waals surface area contributed by atoms with E-state index in [1.54, 1.807) is 13.3 Å². The van der Waals surface area contributed by atoms with Gasteiger partial charge in [0, 0.05) is 19.1 Å². The molecule has 0 radical (unpaired) electrons. The minimum absolute atomic E-state index is 0.527. The molecule has 1 N–H and O–H groups in total. The number of hydrogen-bond acceptors (Lipinski definition) is 6. The van der Waals surface area contributed by atoms with Crippen molar-refractivity contribution in [2.24, 2.45) is 0 Å². The van der Waals surface area contributed by atoms with Crippen LogP contribution in [0.15, 0.2) is 30.5 Å². The topological polar surface area (TPSA) is 63.2 Å². The largest absolute Gasteiger partial charge is 0.496 e. The summed E-state index contributed by atoms with van der Waals surface area (Å²) in [5, 5.41) is 11.8. The van der Waals surface area contributed by atoms with E-state index in [0.29, 0.717) is 6.04 Å². The van der Waals surface area contributed by atoms with Crippen LogP contribution in [0.2, 0.25) is 0 Å². The minimum atomic E-state index is 0.527. The van der Waals surface area contributed by atoms with E-state index in [0.717, 1.165) is 43.4 Å². The minimum Gasteiger partial charge on any atom is -0.496 e. The predicted molar refractivity (Wildman–Crippen MR) is 100 cm³/mol. The van der Waals surface area contributed by atoms with Crippen LogP contribution in [0.1, 0.15) is 38.2 Å². The summed E-state index contributed by atoms with van der Waals surface area (Å²) in [4.78, 5) is 6.99. The highest BCUT2D eigenvalue weighted by Crippen LogP contribution is 2.24. The average molecular weight is 341 g/mol. The molecule has 1 saturated heterocycles. The normalized spacial score (nSPS) is 17.4. The molecule has 6 heteroatoms. The van der Waals surface area contributed by atoms with E-state index in [2.05, 4.69) is 38.4 Å². The number of rotatable bonds is 7. The molecule has 1 aliphatic rings. The van der Waals surface area contributed by atoms with Crippen molar-refractivity contribution in [2.75, 3.05) is 30.4 Å². The van der Waals surface area contributed by atoms with Crippen LogP contribution in [-0.4, -0.2) is 41.4 Å². The maximum absolute atomic E-state index is 5.40. The Hall–Kier alpha value is -2.37. The van der Waals surface area contributed by atoms with Crippen LogP contribution in [0.4, 0.5) is 11.8 Å². The lowest BCUT2D eigenvalue weighted by Gasteiger charge is -2.34. The molecule has 0 bridgehead atoms. The maximum Gasteiger partial charge on any atom is 0.247 e. The lowest BCUT2D eigenvalue weighted by Crippen LogP contribution is -2.40. The highest BCUT2D eigenvalue weighted by Gasteiger charge is 2.23. The zero-order valence-electron chi connectivity index (χ0n) is 15.1. The van der Waals surface area contributed by atoms with Crippen LogP contribution >= 0.6 is 0 Å². The highest BCUT2D eigenvalue weighted by atomic mass is 16.5. The Bertz CT molecular complexity index is 678. The summed E-state index contributed by atoms with van der Waals surface area (Å²) >= 11 is 0. The van der Waals surface area contributed by atoms with Crippen molar-refractivity contribution in [1.29, 1.82) is 0 Å². The fraction of sp³-hybridized carbons (Fsp3) is 0.526. The van der Waals surface area contributed by atoms with Gasteiger partial charge in [-0.05, 0) is 43.7 Å². The van der Waals surface area contributed by atoms with Crippen LogP contribution in [0.25, 0.3) is 0 Å². The van der Waals surface area contributed by atoms with E-state index in [9.17, 15) is 0 Å². The lowest BCUT2D eigenvalue weighted by molar-refractivity contribution is 0.410. The molecule has 1 aromatic carbocycles. The number of hydrogen-bond donors (Lipinski definition) is 1. The molecule has 0 amide bonds. The molecule has 134 valence electrons.